The summed E-state index contributed by atoms with van der Waals surface area (Å²) in [5.41, 5.74) is 6.64. The van der Waals surface area contributed by atoms with Gasteiger partial charge in [-0.15, -0.1) is 36.2 Å². The molecule has 1 heterocycles. The molecule has 0 atom stereocenters. The van der Waals surface area contributed by atoms with Gasteiger partial charge in [0.2, 0.25) is 5.91 Å². The van der Waals surface area contributed by atoms with Crippen LogP contribution in [0.1, 0.15) is 47.7 Å². The number of aryl methyl sites for hydroxylation is 2. The van der Waals surface area contributed by atoms with Crippen molar-refractivity contribution in [1.29, 1.82) is 0 Å². The zero-order chi connectivity index (χ0) is 13.9. The van der Waals surface area contributed by atoms with Crippen LogP contribution in [-0.4, -0.2) is 23.0 Å². The third kappa shape index (κ3) is 5.40. The Bertz CT molecular complexity index is 440. The van der Waals surface area contributed by atoms with Crippen molar-refractivity contribution in [3.8, 4) is 0 Å². The van der Waals surface area contributed by atoms with Gasteiger partial charge in [0.15, 0.2) is 0 Å². The summed E-state index contributed by atoms with van der Waals surface area (Å²) in [5, 5.41) is 4.06. The van der Waals surface area contributed by atoms with Crippen molar-refractivity contribution in [2.45, 2.75) is 57.9 Å². The summed E-state index contributed by atoms with van der Waals surface area (Å²) in [6.45, 7) is 4.72. The molecular weight excluding hydrogens is 329 g/mol. The average Bonchev–Trinajstić information content (AvgIpc) is 2.69. The van der Waals surface area contributed by atoms with Crippen LogP contribution in [0, 0.1) is 13.8 Å². The molecule has 21 heavy (non-hydrogen) atoms. The van der Waals surface area contributed by atoms with E-state index in [0.717, 1.165) is 42.8 Å². The Kier molecular flexibility index (Phi) is 8.78. The van der Waals surface area contributed by atoms with Gasteiger partial charge in [-0.2, -0.15) is 0 Å². The molecule has 0 aromatic carbocycles. The maximum atomic E-state index is 12.1. The zero-order valence-electron chi connectivity index (χ0n) is 12.6. The Morgan fingerprint density at radius 3 is 2.43 bits per heavy atom. The van der Waals surface area contributed by atoms with Crippen molar-refractivity contribution >= 4 is 42.1 Å². The summed E-state index contributed by atoms with van der Waals surface area (Å²) >= 11 is 1.71. The smallest absolute Gasteiger partial charge is 0.240 e. The zero-order valence-corrected chi connectivity index (χ0v) is 15.1. The molecule has 1 aliphatic carbocycles. The first-order valence-corrected chi connectivity index (χ1v) is 7.83. The first-order chi connectivity index (χ1) is 9.01. The number of rotatable bonds is 4. The van der Waals surface area contributed by atoms with Crippen LogP contribution >= 0.6 is 36.2 Å². The van der Waals surface area contributed by atoms with E-state index in [1.807, 2.05) is 6.92 Å². The molecule has 1 aromatic rings. The number of carbonyl (C=O) groups is 1. The number of amides is 1. The molecule has 0 radical (unpaired) electrons. The molecule has 3 N–H and O–H groups in total. The second kappa shape index (κ2) is 8.93. The van der Waals surface area contributed by atoms with Gasteiger partial charge in [-0.05, 0) is 26.7 Å². The highest BCUT2D eigenvalue weighted by molar-refractivity contribution is 7.11. The van der Waals surface area contributed by atoms with Gasteiger partial charge in [0.05, 0.1) is 16.2 Å². The number of nitrogens with one attached hydrogen (secondary N) is 1. The fourth-order valence-corrected chi connectivity index (χ4v) is 3.45. The van der Waals surface area contributed by atoms with E-state index in [9.17, 15) is 4.79 Å². The van der Waals surface area contributed by atoms with E-state index in [2.05, 4.69) is 17.2 Å². The summed E-state index contributed by atoms with van der Waals surface area (Å²) < 4.78 is 0. The molecular formula is C14H25Cl2N3OS. The number of nitrogens with two attached hydrogens (primary N) is 1. The topological polar surface area (TPSA) is 68.0 Å². The number of carbonyl (C=O) groups excluding carboxylic acids is 1. The fraction of sp³-hybridized carbons (Fsp3) is 0.714. The highest BCUT2D eigenvalue weighted by Gasteiger charge is 2.34. The third-order valence-electron chi connectivity index (χ3n) is 3.90. The highest BCUT2D eigenvalue weighted by Crippen LogP contribution is 2.26. The van der Waals surface area contributed by atoms with Gasteiger partial charge in [-0.3, -0.25) is 4.79 Å². The molecule has 0 unspecified atom stereocenters. The molecule has 0 spiro atoms. The standard InChI is InChI=1S/C14H23N3OS.2ClH/c1-10-11(2)19-12(17-10)6-9-16-13(18)14(15)7-4-3-5-8-14;;/h3-9,15H2,1-2H3,(H,16,18);2*1H. The monoisotopic (exact) mass is 353 g/mol. The molecule has 1 amide bonds. The quantitative estimate of drug-likeness (QED) is 0.874. The van der Waals surface area contributed by atoms with Crippen LogP contribution in [0.2, 0.25) is 0 Å². The van der Waals surface area contributed by atoms with E-state index in [4.69, 9.17) is 5.73 Å². The number of thiazole rings is 1. The van der Waals surface area contributed by atoms with Crippen molar-refractivity contribution in [2.75, 3.05) is 6.54 Å². The Hall–Kier alpha value is -0.360. The summed E-state index contributed by atoms with van der Waals surface area (Å²) in [6.07, 6.45) is 5.75. The molecule has 2 rings (SSSR count). The lowest BCUT2D eigenvalue weighted by molar-refractivity contribution is -0.127. The van der Waals surface area contributed by atoms with Gasteiger partial charge in [0, 0.05) is 17.8 Å². The van der Waals surface area contributed by atoms with Crippen molar-refractivity contribution < 1.29 is 4.79 Å². The predicted molar refractivity (Wildman–Crippen MR) is 92.8 cm³/mol. The number of nitrogens with zero attached hydrogens (tertiary/aromatic N) is 1. The number of hydrogen-bond donors (Lipinski definition) is 2. The molecule has 4 nitrogen and oxygen atoms in total. The molecule has 1 fully saturated rings. The molecule has 0 bridgehead atoms. The van der Waals surface area contributed by atoms with Gasteiger partial charge >= 0.3 is 0 Å². The van der Waals surface area contributed by atoms with Crippen molar-refractivity contribution in [3.05, 3.63) is 15.6 Å². The minimum Gasteiger partial charge on any atom is -0.354 e. The fourth-order valence-electron chi connectivity index (χ4n) is 2.51. The molecule has 0 aliphatic heterocycles. The van der Waals surface area contributed by atoms with E-state index < -0.39 is 5.54 Å². The van der Waals surface area contributed by atoms with Gasteiger partial charge < -0.3 is 11.1 Å². The van der Waals surface area contributed by atoms with Crippen LogP contribution in [0.4, 0.5) is 0 Å². The number of hydrogen-bond acceptors (Lipinski definition) is 4. The van der Waals surface area contributed by atoms with Gasteiger partial charge in [0.1, 0.15) is 0 Å². The minimum atomic E-state index is -0.632. The van der Waals surface area contributed by atoms with Gasteiger partial charge in [-0.25, -0.2) is 4.98 Å². The SMILES string of the molecule is Cc1nc(CCNC(=O)C2(N)CCCCC2)sc1C.Cl.Cl. The predicted octanol–water partition coefficient (Wildman–Crippen LogP) is 2.92. The lowest BCUT2D eigenvalue weighted by Gasteiger charge is -2.31. The average molecular weight is 354 g/mol. The summed E-state index contributed by atoms with van der Waals surface area (Å²) in [6, 6.07) is 0. The van der Waals surface area contributed by atoms with Gasteiger partial charge in [-0.1, -0.05) is 19.3 Å². The summed E-state index contributed by atoms with van der Waals surface area (Å²) in [4.78, 5) is 17.9. The lowest BCUT2D eigenvalue weighted by atomic mass is 9.82. The van der Waals surface area contributed by atoms with Crippen LogP contribution < -0.4 is 11.1 Å². The number of aromatic nitrogens is 1. The maximum Gasteiger partial charge on any atom is 0.240 e. The Morgan fingerprint density at radius 2 is 1.90 bits per heavy atom. The van der Waals surface area contributed by atoms with Crippen molar-refractivity contribution in [1.82, 2.24) is 10.3 Å². The summed E-state index contributed by atoms with van der Waals surface area (Å²) in [5.74, 6) is 0.0113. The second-order valence-electron chi connectivity index (χ2n) is 5.47. The van der Waals surface area contributed by atoms with Crippen LogP contribution in [0.5, 0.6) is 0 Å². The van der Waals surface area contributed by atoms with Crippen LogP contribution in [-0.2, 0) is 11.2 Å². The first kappa shape index (κ1) is 20.6. The van der Waals surface area contributed by atoms with E-state index >= 15 is 0 Å². The molecule has 7 heteroatoms. The van der Waals surface area contributed by atoms with Crippen molar-refractivity contribution in [2.24, 2.45) is 5.73 Å². The van der Waals surface area contributed by atoms with E-state index in [1.54, 1.807) is 11.3 Å². The van der Waals surface area contributed by atoms with E-state index in [1.165, 1.54) is 11.3 Å². The number of halogens is 2. The summed E-state index contributed by atoms with van der Waals surface area (Å²) in [7, 11) is 0. The van der Waals surface area contributed by atoms with Crippen LogP contribution in [0.3, 0.4) is 0 Å². The molecule has 1 saturated carbocycles. The highest BCUT2D eigenvalue weighted by atomic mass is 35.5. The van der Waals surface area contributed by atoms with E-state index in [-0.39, 0.29) is 30.7 Å². The Morgan fingerprint density at radius 1 is 1.29 bits per heavy atom. The third-order valence-corrected chi connectivity index (χ3v) is 5.03. The minimum absolute atomic E-state index is 0. The maximum absolute atomic E-state index is 12.1. The van der Waals surface area contributed by atoms with Crippen LogP contribution in [0.25, 0.3) is 0 Å². The largest absolute Gasteiger partial charge is 0.354 e. The molecule has 1 aromatic heterocycles. The Balaban J connectivity index is 0.00000200. The normalized spacial score (nSPS) is 16.5. The first-order valence-electron chi connectivity index (χ1n) is 7.01. The Labute approximate surface area is 143 Å². The van der Waals surface area contributed by atoms with Crippen molar-refractivity contribution in [3.63, 3.8) is 0 Å². The molecule has 122 valence electrons. The molecule has 1 aliphatic rings. The van der Waals surface area contributed by atoms with Crippen LogP contribution in [0.15, 0.2) is 0 Å². The van der Waals surface area contributed by atoms with Gasteiger partial charge in [0.25, 0.3) is 0 Å². The lowest BCUT2D eigenvalue weighted by Crippen LogP contribution is -2.55. The molecule has 0 saturated heterocycles. The second-order valence-corrected chi connectivity index (χ2v) is 6.76. The van der Waals surface area contributed by atoms with E-state index in [0.29, 0.717) is 6.54 Å².